The molecule has 1 aromatic carbocycles. The van der Waals surface area contributed by atoms with Crippen LogP contribution in [0.15, 0.2) is 35.9 Å². The second-order valence-corrected chi connectivity index (χ2v) is 7.28. The number of carbonyl (C=O) groups excluding carboxylic acids is 1. The molecule has 27 heavy (non-hydrogen) atoms. The van der Waals surface area contributed by atoms with Crippen molar-refractivity contribution in [2.75, 3.05) is 25.0 Å². The predicted molar refractivity (Wildman–Crippen MR) is 105 cm³/mol. The van der Waals surface area contributed by atoms with Crippen LogP contribution in [0.4, 0.5) is 10.1 Å². The Kier molecular flexibility index (Phi) is 7.39. The van der Waals surface area contributed by atoms with Gasteiger partial charge in [-0.05, 0) is 37.6 Å². The number of anilines is 1. The van der Waals surface area contributed by atoms with Crippen molar-refractivity contribution in [1.82, 2.24) is 4.90 Å². The number of hydrogen-bond donors (Lipinski definition) is 1. The first-order valence-electron chi connectivity index (χ1n) is 9.45. The van der Waals surface area contributed by atoms with Crippen LogP contribution in [0.3, 0.4) is 0 Å². The molecule has 2 atom stereocenters. The molecule has 1 aromatic rings. The molecule has 1 aliphatic rings. The minimum Gasteiger partial charge on any atom is -0.478 e. The summed E-state index contributed by atoms with van der Waals surface area (Å²) in [4.78, 5) is 27.2. The van der Waals surface area contributed by atoms with Crippen molar-refractivity contribution in [3.8, 4) is 0 Å². The second-order valence-electron chi connectivity index (χ2n) is 7.28. The van der Waals surface area contributed by atoms with Crippen LogP contribution < -0.4 is 4.90 Å². The summed E-state index contributed by atoms with van der Waals surface area (Å²) >= 11 is 0. The number of hydrogen-bond acceptors (Lipinski definition) is 3. The normalized spacial score (nSPS) is 20.0. The van der Waals surface area contributed by atoms with E-state index in [1.165, 1.54) is 0 Å². The van der Waals surface area contributed by atoms with Gasteiger partial charge in [0.25, 0.3) is 0 Å². The third-order valence-corrected chi connectivity index (χ3v) is 4.93. The average Bonchev–Trinajstić information content (AvgIpc) is 3.00. The number of likely N-dealkylation sites (tertiary alicyclic amines) is 1. The molecule has 0 aliphatic carbocycles. The Morgan fingerprint density at radius 3 is 2.59 bits per heavy atom. The molecule has 1 fully saturated rings. The lowest BCUT2D eigenvalue weighted by molar-refractivity contribution is -0.131. The van der Waals surface area contributed by atoms with Gasteiger partial charge in [0.1, 0.15) is 6.17 Å². The van der Waals surface area contributed by atoms with Crippen molar-refractivity contribution < 1.29 is 19.1 Å². The molecule has 0 bridgehead atoms. The Bertz CT molecular complexity index is 687. The number of carboxylic acids is 1. The highest BCUT2D eigenvalue weighted by molar-refractivity contribution is 5.88. The lowest BCUT2D eigenvalue weighted by atomic mass is 10.1. The highest BCUT2D eigenvalue weighted by Gasteiger charge is 2.35. The van der Waals surface area contributed by atoms with Gasteiger partial charge in [-0.2, -0.15) is 0 Å². The number of alkyl halides is 1. The number of likely N-dealkylation sites (N-methyl/N-ethyl adjacent to an activating group) is 1. The average molecular weight is 376 g/mol. The van der Waals surface area contributed by atoms with Crippen LogP contribution in [-0.4, -0.2) is 54.2 Å². The molecular weight excluding hydrogens is 347 g/mol. The Morgan fingerprint density at radius 1 is 1.33 bits per heavy atom. The SMILES string of the molecule is CCC/C=C(\C)CC(=O)N1CC(F)CC1CN(C)c1ccc(C(=O)O)cc1. The van der Waals surface area contributed by atoms with Gasteiger partial charge in [0.2, 0.25) is 5.91 Å². The van der Waals surface area contributed by atoms with E-state index < -0.39 is 12.1 Å². The lowest BCUT2D eigenvalue weighted by Crippen LogP contribution is -2.42. The summed E-state index contributed by atoms with van der Waals surface area (Å²) in [6.07, 6.45) is 3.73. The van der Waals surface area contributed by atoms with Crippen molar-refractivity contribution in [2.24, 2.45) is 0 Å². The molecule has 2 rings (SSSR count). The van der Waals surface area contributed by atoms with Crippen molar-refractivity contribution in [3.63, 3.8) is 0 Å². The van der Waals surface area contributed by atoms with Crippen LogP contribution in [0.2, 0.25) is 0 Å². The van der Waals surface area contributed by atoms with Gasteiger partial charge in [0.15, 0.2) is 0 Å². The number of carboxylic acid groups (broad SMARTS) is 1. The number of nitrogens with zero attached hydrogens (tertiary/aromatic N) is 2. The van der Waals surface area contributed by atoms with E-state index in [9.17, 15) is 14.0 Å². The number of aromatic carboxylic acids is 1. The predicted octanol–water partition coefficient (Wildman–Crippen LogP) is 3.90. The number of allylic oxidation sites excluding steroid dienone is 1. The maximum Gasteiger partial charge on any atom is 0.335 e. The quantitative estimate of drug-likeness (QED) is 0.699. The molecule has 5 nitrogen and oxygen atoms in total. The standard InChI is InChI=1S/C21H29FN2O3/c1-4-5-6-15(2)11-20(25)24-13-17(22)12-19(24)14-23(3)18-9-7-16(8-10-18)21(26)27/h6-10,17,19H,4-5,11-14H2,1-3H3,(H,26,27)/b15-6+. The Hall–Kier alpha value is -2.37. The van der Waals surface area contributed by atoms with Crippen LogP contribution in [0.5, 0.6) is 0 Å². The molecule has 6 heteroatoms. The topological polar surface area (TPSA) is 60.9 Å². The van der Waals surface area contributed by atoms with Crippen LogP contribution in [-0.2, 0) is 4.79 Å². The first kappa shape index (κ1) is 20.9. The summed E-state index contributed by atoms with van der Waals surface area (Å²) in [7, 11) is 1.87. The van der Waals surface area contributed by atoms with Gasteiger partial charge in [0.05, 0.1) is 18.2 Å². The van der Waals surface area contributed by atoms with Crippen molar-refractivity contribution in [3.05, 3.63) is 41.5 Å². The smallest absolute Gasteiger partial charge is 0.335 e. The van der Waals surface area contributed by atoms with Gasteiger partial charge >= 0.3 is 5.97 Å². The molecule has 148 valence electrons. The zero-order valence-electron chi connectivity index (χ0n) is 16.3. The first-order chi connectivity index (χ1) is 12.8. The highest BCUT2D eigenvalue weighted by atomic mass is 19.1. The van der Waals surface area contributed by atoms with Crippen LogP contribution >= 0.6 is 0 Å². The molecule has 1 saturated heterocycles. The summed E-state index contributed by atoms with van der Waals surface area (Å²) < 4.78 is 14.0. The van der Waals surface area contributed by atoms with E-state index in [4.69, 9.17) is 5.11 Å². The van der Waals surface area contributed by atoms with Crippen molar-refractivity contribution in [2.45, 2.75) is 51.7 Å². The molecule has 1 N–H and O–H groups in total. The Labute approximate surface area is 160 Å². The fourth-order valence-electron chi connectivity index (χ4n) is 3.42. The summed E-state index contributed by atoms with van der Waals surface area (Å²) in [5.41, 5.74) is 2.09. The van der Waals surface area contributed by atoms with E-state index in [2.05, 4.69) is 13.0 Å². The van der Waals surface area contributed by atoms with E-state index >= 15 is 0 Å². The molecule has 1 aliphatic heterocycles. The largest absolute Gasteiger partial charge is 0.478 e. The minimum atomic E-state index is -0.998. The van der Waals surface area contributed by atoms with E-state index in [1.807, 2.05) is 18.9 Å². The molecule has 1 amide bonds. The first-order valence-corrected chi connectivity index (χ1v) is 9.45. The van der Waals surface area contributed by atoms with E-state index in [0.717, 1.165) is 24.1 Å². The molecule has 0 spiro atoms. The minimum absolute atomic E-state index is 0.0281. The summed E-state index contributed by atoms with van der Waals surface area (Å²) in [5, 5.41) is 8.99. The monoisotopic (exact) mass is 376 g/mol. The van der Waals surface area contributed by atoms with Crippen LogP contribution in [0.25, 0.3) is 0 Å². The third-order valence-electron chi connectivity index (χ3n) is 4.93. The number of unbranched alkanes of at least 4 members (excludes halogenated alkanes) is 1. The number of benzene rings is 1. The zero-order chi connectivity index (χ0) is 20.0. The molecule has 0 saturated carbocycles. The zero-order valence-corrected chi connectivity index (χ0v) is 16.3. The molecule has 2 unspecified atom stereocenters. The Morgan fingerprint density at radius 2 is 2.00 bits per heavy atom. The fourth-order valence-corrected chi connectivity index (χ4v) is 3.42. The number of halogens is 1. The summed E-state index contributed by atoms with van der Waals surface area (Å²) in [6.45, 7) is 4.70. The molecule has 1 heterocycles. The molecule has 0 aromatic heterocycles. The van der Waals surface area contributed by atoms with Gasteiger partial charge in [-0.25, -0.2) is 9.18 Å². The summed E-state index contributed by atoms with van der Waals surface area (Å²) in [5.74, 6) is -0.997. The maximum absolute atomic E-state index is 14.0. The second kappa shape index (κ2) is 9.53. The summed E-state index contributed by atoms with van der Waals surface area (Å²) in [6, 6.07) is 6.37. The van der Waals surface area contributed by atoms with Crippen molar-refractivity contribution in [1.29, 1.82) is 0 Å². The van der Waals surface area contributed by atoms with E-state index in [1.54, 1.807) is 29.2 Å². The van der Waals surface area contributed by atoms with E-state index in [-0.39, 0.29) is 24.1 Å². The van der Waals surface area contributed by atoms with Gasteiger partial charge in [-0.3, -0.25) is 4.79 Å². The molecule has 0 radical (unpaired) electrons. The van der Waals surface area contributed by atoms with Crippen molar-refractivity contribution >= 4 is 17.6 Å². The highest BCUT2D eigenvalue weighted by Crippen LogP contribution is 2.25. The number of rotatable bonds is 8. The number of carbonyl (C=O) groups is 2. The van der Waals surface area contributed by atoms with Gasteiger partial charge in [-0.15, -0.1) is 0 Å². The van der Waals surface area contributed by atoms with Gasteiger partial charge in [0, 0.05) is 32.1 Å². The maximum atomic E-state index is 14.0. The lowest BCUT2D eigenvalue weighted by Gasteiger charge is -2.30. The van der Waals surface area contributed by atoms with Gasteiger partial charge < -0.3 is 14.9 Å². The third kappa shape index (κ3) is 5.81. The van der Waals surface area contributed by atoms with Crippen LogP contribution in [0.1, 0.15) is 49.9 Å². The van der Waals surface area contributed by atoms with E-state index in [0.29, 0.717) is 19.4 Å². The molecular formula is C21H29FN2O3. The fraction of sp³-hybridized carbons (Fsp3) is 0.524. The number of amides is 1. The van der Waals surface area contributed by atoms with Crippen LogP contribution in [0, 0.1) is 0 Å². The van der Waals surface area contributed by atoms with Gasteiger partial charge in [-0.1, -0.05) is 25.0 Å². The Balaban J connectivity index is 2.02.